The van der Waals surface area contributed by atoms with E-state index in [-0.39, 0.29) is 0 Å². The van der Waals surface area contributed by atoms with E-state index in [9.17, 15) is 0 Å². The molecule has 1 aromatic carbocycles. The predicted octanol–water partition coefficient (Wildman–Crippen LogP) is 2.70. The van der Waals surface area contributed by atoms with Gasteiger partial charge in [-0.05, 0) is 24.3 Å². The van der Waals surface area contributed by atoms with Crippen LogP contribution in [0.2, 0.25) is 0 Å². The Kier molecular flexibility index (Phi) is 2.12. The van der Waals surface area contributed by atoms with Gasteiger partial charge in [0, 0.05) is 41.2 Å². The highest BCUT2D eigenvalue weighted by Crippen LogP contribution is 2.29. The summed E-state index contributed by atoms with van der Waals surface area (Å²) in [5, 5.41) is 6.68. The summed E-state index contributed by atoms with van der Waals surface area (Å²) in [5.74, 6) is 0.653. The molecule has 5 heteroatoms. The van der Waals surface area contributed by atoms with Crippen molar-refractivity contribution in [3.8, 4) is 11.3 Å². The highest BCUT2D eigenvalue weighted by molar-refractivity contribution is 6.07. The van der Waals surface area contributed by atoms with Gasteiger partial charge in [-0.25, -0.2) is 4.98 Å². The third kappa shape index (κ3) is 1.50. The number of aromatic nitrogens is 4. The van der Waals surface area contributed by atoms with Crippen molar-refractivity contribution >= 4 is 27.8 Å². The lowest BCUT2D eigenvalue weighted by molar-refractivity contribution is 0.782. The average molecular weight is 263 g/mol. The van der Waals surface area contributed by atoms with E-state index in [1.54, 1.807) is 10.9 Å². The fraction of sp³-hybridized carbons (Fsp3) is 0.0667. The highest BCUT2D eigenvalue weighted by atomic mass is 15.3. The van der Waals surface area contributed by atoms with Crippen LogP contribution >= 0.6 is 0 Å². The molecule has 3 aromatic heterocycles. The first kappa shape index (κ1) is 11.0. The van der Waals surface area contributed by atoms with Crippen LogP contribution in [0.4, 0.5) is 5.82 Å². The molecule has 4 aromatic rings. The van der Waals surface area contributed by atoms with Gasteiger partial charge in [0.2, 0.25) is 0 Å². The molecular weight excluding hydrogens is 250 g/mol. The van der Waals surface area contributed by atoms with E-state index >= 15 is 0 Å². The lowest BCUT2D eigenvalue weighted by atomic mass is 10.1. The number of fused-ring (bicyclic) bond motifs is 3. The number of nitrogens with two attached hydrogens (primary N) is 1. The van der Waals surface area contributed by atoms with Gasteiger partial charge in [-0.15, -0.1) is 0 Å². The number of nitrogen functional groups attached to an aromatic ring is 1. The molecule has 0 aliphatic heterocycles. The summed E-state index contributed by atoms with van der Waals surface area (Å²) >= 11 is 0. The van der Waals surface area contributed by atoms with Crippen LogP contribution in [-0.4, -0.2) is 19.7 Å². The molecule has 0 unspecified atom stereocenters. The number of nitrogens with one attached hydrogen (secondary N) is 1. The quantitative estimate of drug-likeness (QED) is 0.554. The molecule has 3 heterocycles. The minimum absolute atomic E-state index is 0.653. The molecule has 0 fully saturated rings. The second-order valence-electron chi connectivity index (χ2n) is 4.86. The Morgan fingerprint density at radius 1 is 1.15 bits per heavy atom. The van der Waals surface area contributed by atoms with Crippen LogP contribution in [0.15, 0.2) is 42.6 Å². The fourth-order valence-corrected chi connectivity index (χ4v) is 2.51. The smallest absolute Gasteiger partial charge is 0.138 e. The normalized spacial score (nSPS) is 11.4. The molecule has 0 bridgehead atoms. The molecule has 0 aliphatic rings. The summed E-state index contributed by atoms with van der Waals surface area (Å²) < 4.78 is 1.68. The van der Waals surface area contributed by atoms with Crippen LogP contribution in [0.5, 0.6) is 0 Å². The standard InChI is InChI=1S/C15H13N5/c1-20-14(16)8-13(19-20)9-4-5-12-11(7-9)10-3-2-6-17-15(10)18-12/h2-8H,16H2,1H3,(H,17,18). The molecule has 5 nitrogen and oxygen atoms in total. The average Bonchev–Trinajstić information content (AvgIpc) is 2.99. The van der Waals surface area contributed by atoms with E-state index in [1.807, 2.05) is 25.2 Å². The van der Waals surface area contributed by atoms with Crippen molar-refractivity contribution in [3.05, 3.63) is 42.6 Å². The number of rotatable bonds is 1. The van der Waals surface area contributed by atoms with Crippen molar-refractivity contribution in [3.63, 3.8) is 0 Å². The van der Waals surface area contributed by atoms with Crippen LogP contribution < -0.4 is 5.73 Å². The predicted molar refractivity (Wildman–Crippen MR) is 80.2 cm³/mol. The van der Waals surface area contributed by atoms with E-state index in [2.05, 4.69) is 33.3 Å². The van der Waals surface area contributed by atoms with Gasteiger partial charge < -0.3 is 10.7 Å². The number of pyridine rings is 1. The molecule has 0 spiro atoms. The third-order valence-corrected chi connectivity index (χ3v) is 3.58. The van der Waals surface area contributed by atoms with E-state index in [0.29, 0.717) is 5.82 Å². The summed E-state index contributed by atoms with van der Waals surface area (Å²) in [7, 11) is 1.84. The van der Waals surface area contributed by atoms with Crippen molar-refractivity contribution in [2.75, 3.05) is 5.73 Å². The number of aryl methyl sites for hydroxylation is 1. The SMILES string of the molecule is Cn1nc(-c2ccc3[nH]c4ncccc4c3c2)cc1N. The number of nitrogens with zero attached hydrogens (tertiary/aromatic N) is 3. The molecule has 20 heavy (non-hydrogen) atoms. The molecule has 0 atom stereocenters. The fourth-order valence-electron chi connectivity index (χ4n) is 2.51. The van der Waals surface area contributed by atoms with Gasteiger partial charge in [-0.2, -0.15) is 5.10 Å². The first-order chi connectivity index (χ1) is 9.72. The Balaban J connectivity index is 1.99. The largest absolute Gasteiger partial charge is 0.384 e. The Hall–Kier alpha value is -2.82. The summed E-state index contributed by atoms with van der Waals surface area (Å²) in [5.41, 5.74) is 9.75. The first-order valence-corrected chi connectivity index (χ1v) is 6.39. The Morgan fingerprint density at radius 3 is 2.85 bits per heavy atom. The molecule has 0 saturated heterocycles. The zero-order chi connectivity index (χ0) is 13.7. The van der Waals surface area contributed by atoms with Gasteiger partial charge in [0.05, 0.1) is 5.69 Å². The molecule has 0 radical (unpaired) electrons. The summed E-state index contributed by atoms with van der Waals surface area (Å²) in [4.78, 5) is 7.66. The summed E-state index contributed by atoms with van der Waals surface area (Å²) in [6.45, 7) is 0. The van der Waals surface area contributed by atoms with Crippen molar-refractivity contribution in [1.29, 1.82) is 0 Å². The van der Waals surface area contributed by atoms with Gasteiger partial charge >= 0.3 is 0 Å². The molecule has 0 aliphatic carbocycles. The molecule has 0 amide bonds. The number of benzene rings is 1. The van der Waals surface area contributed by atoms with Gasteiger partial charge in [-0.3, -0.25) is 4.68 Å². The monoisotopic (exact) mass is 263 g/mol. The summed E-state index contributed by atoms with van der Waals surface area (Å²) in [6.07, 6.45) is 1.79. The maximum Gasteiger partial charge on any atom is 0.138 e. The third-order valence-electron chi connectivity index (χ3n) is 3.58. The van der Waals surface area contributed by atoms with Crippen LogP contribution in [0.25, 0.3) is 33.2 Å². The second kappa shape index (κ2) is 3.84. The van der Waals surface area contributed by atoms with Crippen LogP contribution in [-0.2, 0) is 7.05 Å². The minimum Gasteiger partial charge on any atom is -0.384 e. The molecule has 4 rings (SSSR count). The Bertz CT molecular complexity index is 912. The van der Waals surface area contributed by atoms with E-state index < -0.39 is 0 Å². The van der Waals surface area contributed by atoms with Crippen molar-refractivity contribution < 1.29 is 0 Å². The van der Waals surface area contributed by atoms with Crippen molar-refractivity contribution in [2.24, 2.45) is 7.05 Å². The number of aromatic amines is 1. The zero-order valence-corrected chi connectivity index (χ0v) is 11.0. The van der Waals surface area contributed by atoms with E-state index in [0.717, 1.165) is 33.2 Å². The van der Waals surface area contributed by atoms with Crippen LogP contribution in [0.3, 0.4) is 0 Å². The van der Waals surface area contributed by atoms with Crippen molar-refractivity contribution in [1.82, 2.24) is 19.7 Å². The molecule has 3 N–H and O–H groups in total. The summed E-state index contributed by atoms with van der Waals surface area (Å²) in [6, 6.07) is 12.1. The number of H-pyrrole nitrogens is 1. The maximum atomic E-state index is 5.85. The second-order valence-corrected chi connectivity index (χ2v) is 4.86. The van der Waals surface area contributed by atoms with Crippen LogP contribution in [0.1, 0.15) is 0 Å². The van der Waals surface area contributed by atoms with Gasteiger partial charge in [0.25, 0.3) is 0 Å². The van der Waals surface area contributed by atoms with Crippen molar-refractivity contribution in [2.45, 2.75) is 0 Å². The first-order valence-electron chi connectivity index (χ1n) is 6.39. The van der Waals surface area contributed by atoms with Crippen LogP contribution in [0, 0.1) is 0 Å². The van der Waals surface area contributed by atoms with Gasteiger partial charge in [0.15, 0.2) is 0 Å². The minimum atomic E-state index is 0.653. The van der Waals surface area contributed by atoms with E-state index in [1.165, 1.54) is 0 Å². The molecule has 0 saturated carbocycles. The van der Waals surface area contributed by atoms with Gasteiger partial charge in [-0.1, -0.05) is 6.07 Å². The van der Waals surface area contributed by atoms with Gasteiger partial charge in [0.1, 0.15) is 11.5 Å². The Morgan fingerprint density at radius 2 is 2.05 bits per heavy atom. The Labute approximate surface area is 115 Å². The lowest BCUT2D eigenvalue weighted by Gasteiger charge is -1.97. The zero-order valence-electron chi connectivity index (χ0n) is 11.0. The lowest BCUT2D eigenvalue weighted by Crippen LogP contribution is -1.96. The number of anilines is 1. The molecular formula is C15H13N5. The maximum absolute atomic E-state index is 5.85. The number of hydrogen-bond donors (Lipinski definition) is 2. The highest BCUT2D eigenvalue weighted by Gasteiger charge is 2.09. The molecule has 98 valence electrons. The number of hydrogen-bond acceptors (Lipinski definition) is 3. The van der Waals surface area contributed by atoms with E-state index in [4.69, 9.17) is 5.73 Å². The topological polar surface area (TPSA) is 72.5 Å².